The van der Waals surface area contributed by atoms with E-state index in [1.807, 2.05) is 6.92 Å². The van der Waals surface area contributed by atoms with E-state index in [1.165, 1.54) is 34.8 Å². The number of aromatic nitrogens is 1. The lowest BCUT2D eigenvalue weighted by Crippen LogP contribution is -2.41. The Morgan fingerprint density at radius 1 is 1.35 bits per heavy atom. The number of carbonyl (C=O) groups is 1. The van der Waals surface area contributed by atoms with Gasteiger partial charge in [-0.05, 0) is 37.0 Å². The van der Waals surface area contributed by atoms with Crippen molar-refractivity contribution >= 4 is 16.9 Å². The van der Waals surface area contributed by atoms with E-state index in [2.05, 4.69) is 40.3 Å². The minimum atomic E-state index is -0.297. The summed E-state index contributed by atoms with van der Waals surface area (Å²) >= 11 is 0. The van der Waals surface area contributed by atoms with E-state index < -0.39 is 0 Å². The molecule has 5 nitrogen and oxygen atoms in total. The van der Waals surface area contributed by atoms with Gasteiger partial charge in [0.1, 0.15) is 6.10 Å². The van der Waals surface area contributed by atoms with Gasteiger partial charge in [-0.2, -0.15) is 0 Å². The second-order valence-electron chi connectivity index (χ2n) is 7.33. The van der Waals surface area contributed by atoms with Crippen molar-refractivity contribution in [3.63, 3.8) is 0 Å². The third-order valence-electron chi connectivity index (χ3n) is 6.04. The first-order valence-corrected chi connectivity index (χ1v) is 9.18. The Kier molecular flexibility index (Phi) is 3.39. The van der Waals surface area contributed by atoms with Crippen LogP contribution in [0.4, 0.5) is 0 Å². The second-order valence-corrected chi connectivity index (χ2v) is 7.33. The van der Waals surface area contributed by atoms with Gasteiger partial charge in [0.2, 0.25) is 0 Å². The van der Waals surface area contributed by atoms with Crippen molar-refractivity contribution in [3.8, 4) is 0 Å². The number of carbonyl (C=O) groups excluding carboxylic acids is 1. The molecule has 0 saturated heterocycles. The zero-order chi connectivity index (χ0) is 17.8. The number of nitrogens with zero attached hydrogens (tertiary/aromatic N) is 1. The Balaban J connectivity index is 1.60. The van der Waals surface area contributed by atoms with Gasteiger partial charge in [0.05, 0.1) is 25.0 Å². The highest BCUT2D eigenvalue weighted by molar-refractivity contribution is 5.90. The number of nitrogens with one attached hydrogen (secondary N) is 1. The van der Waals surface area contributed by atoms with Crippen LogP contribution in [-0.4, -0.2) is 35.6 Å². The first-order chi connectivity index (χ1) is 12.7. The van der Waals surface area contributed by atoms with Crippen LogP contribution in [0.2, 0.25) is 0 Å². The molecule has 0 saturated carbocycles. The number of para-hydroxylation sites is 1. The molecule has 1 N–H and O–H groups in total. The summed E-state index contributed by atoms with van der Waals surface area (Å²) < 4.78 is 10.7. The molecule has 0 bridgehead atoms. The van der Waals surface area contributed by atoms with Crippen molar-refractivity contribution < 1.29 is 14.3 Å². The molecule has 26 heavy (non-hydrogen) atoms. The Hall–Kier alpha value is -2.69. The fourth-order valence-electron chi connectivity index (χ4n) is 4.72. The van der Waals surface area contributed by atoms with Crippen LogP contribution in [0.25, 0.3) is 10.9 Å². The molecule has 0 spiro atoms. The number of methoxy groups -OCH3 is 1. The van der Waals surface area contributed by atoms with E-state index in [0.29, 0.717) is 5.57 Å². The molecule has 4 heterocycles. The van der Waals surface area contributed by atoms with Crippen LogP contribution in [0.15, 0.2) is 47.9 Å². The molecule has 0 radical (unpaired) electrons. The van der Waals surface area contributed by atoms with E-state index in [-0.39, 0.29) is 24.0 Å². The van der Waals surface area contributed by atoms with Crippen molar-refractivity contribution in [2.75, 3.05) is 13.7 Å². The van der Waals surface area contributed by atoms with E-state index in [4.69, 9.17) is 9.47 Å². The van der Waals surface area contributed by atoms with Crippen LogP contribution in [0.5, 0.6) is 0 Å². The van der Waals surface area contributed by atoms with Crippen molar-refractivity contribution in [3.05, 3.63) is 59.1 Å². The molecule has 3 aliphatic rings. The van der Waals surface area contributed by atoms with Gasteiger partial charge in [-0.15, -0.1) is 0 Å². The number of hydrogen-bond acceptors (Lipinski definition) is 4. The number of H-pyrrole nitrogens is 1. The summed E-state index contributed by atoms with van der Waals surface area (Å²) in [4.78, 5) is 18.3. The Morgan fingerprint density at radius 3 is 3.04 bits per heavy atom. The zero-order valence-electron chi connectivity index (χ0n) is 15.0. The standard InChI is InChI=1S/C21H22N2O3/c1-12-16-10-23-8-7-14-13-5-3-4-6-18(13)22-20(14)19(23)9-15(16)17(11-26-12)21(24)25-2/h3-6,10-12,15,19,22H,7-9H2,1-2H3. The molecular weight excluding hydrogens is 328 g/mol. The Morgan fingerprint density at radius 2 is 2.19 bits per heavy atom. The van der Waals surface area contributed by atoms with E-state index in [1.54, 1.807) is 6.26 Å². The average Bonchev–Trinajstić information content (AvgIpc) is 3.06. The summed E-state index contributed by atoms with van der Waals surface area (Å²) in [5, 5.41) is 1.32. The molecule has 0 fully saturated rings. The molecule has 2 aromatic rings. The Bertz CT molecular complexity index is 955. The van der Waals surface area contributed by atoms with Gasteiger partial charge in [-0.3, -0.25) is 0 Å². The summed E-state index contributed by atoms with van der Waals surface area (Å²) in [6.45, 7) is 3.03. The van der Waals surface area contributed by atoms with Crippen molar-refractivity contribution in [2.45, 2.75) is 31.9 Å². The maximum Gasteiger partial charge on any atom is 0.337 e. The fourth-order valence-corrected chi connectivity index (χ4v) is 4.72. The lowest BCUT2D eigenvalue weighted by atomic mass is 9.77. The second kappa shape index (κ2) is 5.66. The third kappa shape index (κ3) is 2.13. The maximum atomic E-state index is 12.3. The minimum Gasteiger partial charge on any atom is -0.493 e. The first-order valence-electron chi connectivity index (χ1n) is 9.18. The van der Waals surface area contributed by atoms with Crippen LogP contribution >= 0.6 is 0 Å². The number of esters is 1. The lowest BCUT2D eigenvalue weighted by molar-refractivity contribution is -0.137. The zero-order valence-corrected chi connectivity index (χ0v) is 15.0. The summed E-state index contributed by atoms with van der Waals surface area (Å²) in [6.07, 6.45) is 5.69. The summed E-state index contributed by atoms with van der Waals surface area (Å²) in [7, 11) is 1.43. The normalized spacial score (nSPS) is 26.8. The van der Waals surface area contributed by atoms with Gasteiger partial charge in [0.25, 0.3) is 0 Å². The molecule has 1 aromatic heterocycles. The van der Waals surface area contributed by atoms with Crippen molar-refractivity contribution in [1.82, 2.24) is 9.88 Å². The van der Waals surface area contributed by atoms with Gasteiger partial charge >= 0.3 is 5.97 Å². The van der Waals surface area contributed by atoms with Crippen LogP contribution in [0, 0.1) is 5.92 Å². The molecule has 1 aromatic carbocycles. The minimum absolute atomic E-state index is 0.0153. The summed E-state index contributed by atoms with van der Waals surface area (Å²) in [6, 6.07) is 8.75. The summed E-state index contributed by atoms with van der Waals surface area (Å²) in [5.41, 5.74) is 5.69. The van der Waals surface area contributed by atoms with Gasteiger partial charge in [-0.1, -0.05) is 18.2 Å². The highest BCUT2D eigenvalue weighted by Gasteiger charge is 2.42. The highest BCUT2D eigenvalue weighted by Crippen LogP contribution is 2.46. The number of fused-ring (bicyclic) bond motifs is 6. The third-order valence-corrected chi connectivity index (χ3v) is 6.04. The van der Waals surface area contributed by atoms with E-state index in [0.717, 1.165) is 19.4 Å². The molecule has 3 unspecified atom stereocenters. The molecule has 0 aliphatic carbocycles. The maximum absolute atomic E-state index is 12.3. The van der Waals surface area contributed by atoms with Gasteiger partial charge < -0.3 is 19.4 Å². The molecular formula is C21H22N2O3. The predicted octanol–water partition coefficient (Wildman–Crippen LogP) is 3.45. The number of ether oxygens (including phenoxy) is 2. The van der Waals surface area contributed by atoms with Crippen LogP contribution < -0.4 is 0 Å². The topological polar surface area (TPSA) is 54.6 Å². The monoisotopic (exact) mass is 350 g/mol. The average molecular weight is 350 g/mol. The highest BCUT2D eigenvalue weighted by atomic mass is 16.5. The largest absolute Gasteiger partial charge is 0.493 e. The van der Waals surface area contributed by atoms with Crippen LogP contribution in [-0.2, 0) is 20.7 Å². The molecule has 3 aliphatic heterocycles. The quantitative estimate of drug-likeness (QED) is 0.801. The smallest absolute Gasteiger partial charge is 0.337 e. The molecule has 5 heteroatoms. The van der Waals surface area contributed by atoms with E-state index in [9.17, 15) is 4.79 Å². The molecule has 134 valence electrons. The summed E-state index contributed by atoms with van der Waals surface area (Å²) in [5.74, 6) is -0.251. The van der Waals surface area contributed by atoms with Crippen LogP contribution in [0.1, 0.15) is 30.6 Å². The van der Waals surface area contributed by atoms with Gasteiger partial charge in [0, 0.05) is 35.3 Å². The number of aromatic amines is 1. The van der Waals surface area contributed by atoms with Gasteiger partial charge in [0.15, 0.2) is 0 Å². The van der Waals surface area contributed by atoms with Gasteiger partial charge in [-0.25, -0.2) is 4.79 Å². The van der Waals surface area contributed by atoms with Crippen LogP contribution in [0.3, 0.4) is 0 Å². The predicted molar refractivity (Wildman–Crippen MR) is 98.3 cm³/mol. The van der Waals surface area contributed by atoms with Crippen molar-refractivity contribution in [1.29, 1.82) is 0 Å². The number of benzene rings is 1. The van der Waals surface area contributed by atoms with Crippen molar-refractivity contribution in [2.24, 2.45) is 5.92 Å². The first kappa shape index (κ1) is 15.6. The molecule has 5 rings (SSSR count). The SMILES string of the molecule is COC(=O)C1=COC(C)C2=CN3CCc4c([nH]c5ccccc45)C3CC12. The lowest BCUT2D eigenvalue weighted by Gasteiger charge is -2.44. The number of rotatable bonds is 1. The molecule has 0 amide bonds. The Labute approximate surface area is 152 Å². The number of hydrogen-bond donors (Lipinski definition) is 1. The molecule has 3 atom stereocenters. The fraction of sp³-hybridized carbons (Fsp3) is 0.381. The van der Waals surface area contributed by atoms with E-state index >= 15 is 0 Å².